The lowest BCUT2D eigenvalue weighted by Gasteiger charge is -2.27. The molecule has 0 aliphatic rings. The smallest absolute Gasteiger partial charge is 0.123 e. The third-order valence-corrected chi connectivity index (χ3v) is 4.70. The molecule has 0 saturated heterocycles. The van der Waals surface area contributed by atoms with Gasteiger partial charge in [-0.1, -0.05) is 31.9 Å². The number of hydrogen-bond donors (Lipinski definition) is 1. The minimum atomic E-state index is -0.164. The highest BCUT2D eigenvalue weighted by atomic mass is 32.2. The van der Waals surface area contributed by atoms with Crippen LogP contribution in [-0.2, 0) is 0 Å². The second-order valence-corrected chi connectivity index (χ2v) is 7.10. The normalized spacial score (nSPS) is 13.5. The first-order valence-corrected chi connectivity index (χ1v) is 8.25. The van der Waals surface area contributed by atoms with E-state index in [-0.39, 0.29) is 10.6 Å². The third kappa shape index (κ3) is 5.96. The summed E-state index contributed by atoms with van der Waals surface area (Å²) in [7, 11) is 0. The van der Waals surface area contributed by atoms with Gasteiger partial charge in [0.1, 0.15) is 5.82 Å². The molecule has 0 aliphatic carbocycles. The predicted molar refractivity (Wildman–Crippen MR) is 84.3 cm³/mol. The second-order valence-electron chi connectivity index (χ2n) is 5.59. The lowest BCUT2D eigenvalue weighted by atomic mass is 10.0. The zero-order valence-corrected chi connectivity index (χ0v) is 13.3. The maximum Gasteiger partial charge on any atom is 0.123 e. The SMILES string of the molecule is CCCCC(NCC(C)(C)SC)c1ccc(F)cc1. The van der Waals surface area contributed by atoms with E-state index in [2.05, 4.69) is 32.3 Å². The Labute approximate surface area is 121 Å². The van der Waals surface area contributed by atoms with Crippen LogP contribution in [-0.4, -0.2) is 17.5 Å². The Bertz CT molecular complexity index is 362. The molecule has 1 rings (SSSR count). The summed E-state index contributed by atoms with van der Waals surface area (Å²) in [6.45, 7) is 7.64. The van der Waals surface area contributed by atoms with E-state index >= 15 is 0 Å². The zero-order valence-electron chi connectivity index (χ0n) is 12.5. The average Bonchev–Trinajstić information content (AvgIpc) is 2.40. The van der Waals surface area contributed by atoms with Crippen LogP contribution in [0.1, 0.15) is 51.6 Å². The van der Waals surface area contributed by atoms with Crippen molar-refractivity contribution in [1.82, 2.24) is 5.32 Å². The maximum atomic E-state index is 13.0. The van der Waals surface area contributed by atoms with Crippen molar-refractivity contribution in [2.45, 2.75) is 50.8 Å². The molecule has 0 spiro atoms. The molecular formula is C16H26FNS. The van der Waals surface area contributed by atoms with Crippen molar-refractivity contribution < 1.29 is 4.39 Å². The van der Waals surface area contributed by atoms with Gasteiger partial charge in [0, 0.05) is 17.3 Å². The van der Waals surface area contributed by atoms with Gasteiger partial charge in [-0.2, -0.15) is 11.8 Å². The van der Waals surface area contributed by atoms with Gasteiger partial charge in [0.25, 0.3) is 0 Å². The van der Waals surface area contributed by atoms with E-state index in [4.69, 9.17) is 0 Å². The largest absolute Gasteiger partial charge is 0.309 e. The first kappa shape index (κ1) is 16.5. The molecule has 0 bridgehead atoms. The molecule has 1 N–H and O–H groups in total. The summed E-state index contributed by atoms with van der Waals surface area (Å²) < 4.78 is 13.2. The summed E-state index contributed by atoms with van der Waals surface area (Å²) in [4.78, 5) is 0. The Hall–Kier alpha value is -0.540. The summed E-state index contributed by atoms with van der Waals surface area (Å²) in [5, 5.41) is 3.64. The van der Waals surface area contributed by atoms with E-state index in [1.807, 2.05) is 23.9 Å². The van der Waals surface area contributed by atoms with Crippen LogP contribution < -0.4 is 5.32 Å². The lowest BCUT2D eigenvalue weighted by Crippen LogP contribution is -2.34. The van der Waals surface area contributed by atoms with Crippen LogP contribution in [0.25, 0.3) is 0 Å². The Morgan fingerprint density at radius 2 is 1.89 bits per heavy atom. The number of benzene rings is 1. The van der Waals surface area contributed by atoms with Gasteiger partial charge >= 0.3 is 0 Å². The molecule has 19 heavy (non-hydrogen) atoms. The molecular weight excluding hydrogens is 257 g/mol. The molecule has 1 atom stereocenters. The zero-order chi connectivity index (χ0) is 14.3. The molecule has 0 heterocycles. The standard InChI is InChI=1S/C16H26FNS/c1-5-6-7-15(18-12-16(2,3)19-4)13-8-10-14(17)11-9-13/h8-11,15,18H,5-7,12H2,1-4H3. The van der Waals surface area contributed by atoms with Crippen LogP contribution in [0.15, 0.2) is 24.3 Å². The third-order valence-electron chi connectivity index (χ3n) is 3.45. The molecule has 0 aromatic heterocycles. The minimum Gasteiger partial charge on any atom is -0.309 e. The molecule has 3 heteroatoms. The quantitative estimate of drug-likeness (QED) is 0.736. The Morgan fingerprint density at radius 3 is 2.42 bits per heavy atom. The van der Waals surface area contributed by atoms with E-state index < -0.39 is 0 Å². The van der Waals surface area contributed by atoms with E-state index in [0.717, 1.165) is 13.0 Å². The Kier molecular flexibility index (Phi) is 6.87. The number of hydrogen-bond acceptors (Lipinski definition) is 2. The average molecular weight is 283 g/mol. The van der Waals surface area contributed by atoms with Crippen LogP contribution in [0, 0.1) is 5.82 Å². The van der Waals surface area contributed by atoms with E-state index in [9.17, 15) is 4.39 Å². The van der Waals surface area contributed by atoms with Gasteiger partial charge in [-0.05, 0) is 44.2 Å². The fourth-order valence-corrected chi connectivity index (χ4v) is 2.16. The molecule has 1 unspecified atom stereocenters. The van der Waals surface area contributed by atoms with Crippen LogP contribution >= 0.6 is 11.8 Å². The van der Waals surface area contributed by atoms with Crippen molar-refractivity contribution in [3.63, 3.8) is 0 Å². The van der Waals surface area contributed by atoms with Crippen molar-refractivity contribution in [1.29, 1.82) is 0 Å². The Morgan fingerprint density at radius 1 is 1.26 bits per heavy atom. The van der Waals surface area contributed by atoms with Crippen molar-refractivity contribution in [3.8, 4) is 0 Å². The van der Waals surface area contributed by atoms with Gasteiger partial charge in [0.2, 0.25) is 0 Å². The summed E-state index contributed by atoms with van der Waals surface area (Å²) in [5.41, 5.74) is 1.19. The van der Waals surface area contributed by atoms with Gasteiger partial charge in [0.05, 0.1) is 0 Å². The molecule has 1 aromatic carbocycles. The summed E-state index contributed by atoms with van der Waals surface area (Å²) in [6.07, 6.45) is 5.62. The first-order chi connectivity index (χ1) is 8.98. The van der Waals surface area contributed by atoms with Crippen molar-refractivity contribution in [2.24, 2.45) is 0 Å². The number of nitrogens with one attached hydrogen (secondary N) is 1. The predicted octanol–water partition coefficient (Wildman–Crippen LogP) is 4.79. The van der Waals surface area contributed by atoms with Gasteiger partial charge < -0.3 is 5.32 Å². The van der Waals surface area contributed by atoms with Crippen LogP contribution in [0.4, 0.5) is 4.39 Å². The van der Waals surface area contributed by atoms with Gasteiger partial charge in [-0.25, -0.2) is 4.39 Å². The molecule has 1 nitrogen and oxygen atoms in total. The Balaban J connectivity index is 2.68. The molecule has 0 fully saturated rings. The van der Waals surface area contributed by atoms with Crippen LogP contribution in [0.2, 0.25) is 0 Å². The molecule has 1 aromatic rings. The maximum absolute atomic E-state index is 13.0. The van der Waals surface area contributed by atoms with Crippen LogP contribution in [0.3, 0.4) is 0 Å². The highest BCUT2D eigenvalue weighted by molar-refractivity contribution is 7.99. The number of unbranched alkanes of at least 4 members (excludes halogenated alkanes) is 1. The van der Waals surface area contributed by atoms with Crippen molar-refractivity contribution in [2.75, 3.05) is 12.8 Å². The van der Waals surface area contributed by atoms with E-state index in [0.29, 0.717) is 6.04 Å². The minimum absolute atomic E-state index is 0.164. The highest BCUT2D eigenvalue weighted by Gasteiger charge is 2.19. The lowest BCUT2D eigenvalue weighted by molar-refractivity contribution is 0.456. The summed E-state index contributed by atoms with van der Waals surface area (Å²) in [5.74, 6) is -0.164. The first-order valence-electron chi connectivity index (χ1n) is 7.02. The number of thioether (sulfide) groups is 1. The number of halogens is 1. The molecule has 108 valence electrons. The van der Waals surface area contributed by atoms with Gasteiger partial charge in [-0.15, -0.1) is 0 Å². The molecule has 0 amide bonds. The monoisotopic (exact) mass is 283 g/mol. The fraction of sp³-hybridized carbons (Fsp3) is 0.625. The van der Waals surface area contributed by atoms with Gasteiger partial charge in [0.15, 0.2) is 0 Å². The van der Waals surface area contributed by atoms with Crippen LogP contribution in [0.5, 0.6) is 0 Å². The topological polar surface area (TPSA) is 12.0 Å². The van der Waals surface area contributed by atoms with Crippen molar-refractivity contribution in [3.05, 3.63) is 35.6 Å². The fourth-order valence-electron chi connectivity index (χ4n) is 1.93. The molecule has 0 radical (unpaired) electrons. The molecule has 0 saturated carbocycles. The van der Waals surface area contributed by atoms with E-state index in [1.54, 1.807) is 12.1 Å². The summed E-state index contributed by atoms with van der Waals surface area (Å²) in [6, 6.07) is 7.22. The number of rotatable bonds is 8. The van der Waals surface area contributed by atoms with Gasteiger partial charge in [-0.3, -0.25) is 0 Å². The van der Waals surface area contributed by atoms with E-state index in [1.165, 1.54) is 18.4 Å². The highest BCUT2D eigenvalue weighted by Crippen LogP contribution is 2.24. The summed E-state index contributed by atoms with van der Waals surface area (Å²) >= 11 is 1.87. The molecule has 0 aliphatic heterocycles. The second kappa shape index (κ2) is 7.91. The van der Waals surface area contributed by atoms with Crippen molar-refractivity contribution >= 4 is 11.8 Å².